The van der Waals surface area contributed by atoms with E-state index in [0.29, 0.717) is 0 Å². The summed E-state index contributed by atoms with van der Waals surface area (Å²) in [6.07, 6.45) is 8.21. The zero-order valence-corrected chi connectivity index (χ0v) is 17.6. The molecule has 0 aromatic carbocycles. The minimum atomic E-state index is 0. The molecule has 0 unspecified atom stereocenters. The number of hydrogen-bond acceptors (Lipinski definition) is 3. The number of aromatic nitrogens is 1. The highest BCUT2D eigenvalue weighted by Gasteiger charge is 2.12. The number of halogens is 1. The molecule has 1 N–H and O–H groups in total. The van der Waals surface area contributed by atoms with Crippen molar-refractivity contribution in [3.8, 4) is 0 Å². The van der Waals surface area contributed by atoms with E-state index < -0.39 is 0 Å². The topological polar surface area (TPSA) is 43.8 Å². The Balaban J connectivity index is 0.00000288. The summed E-state index contributed by atoms with van der Waals surface area (Å²) in [5, 5.41) is 3.45. The average molecular weight is 445 g/mol. The van der Waals surface area contributed by atoms with Crippen LogP contribution in [0.3, 0.4) is 0 Å². The van der Waals surface area contributed by atoms with Crippen molar-refractivity contribution in [1.82, 2.24) is 15.2 Å². The molecule has 1 aromatic heterocycles. The highest BCUT2D eigenvalue weighted by atomic mass is 127. The number of unbranched alkanes of at least 4 members (excludes halogenated alkanes) is 1. The van der Waals surface area contributed by atoms with Crippen LogP contribution in [0.5, 0.6) is 0 Å². The van der Waals surface area contributed by atoms with Gasteiger partial charge in [-0.05, 0) is 43.4 Å². The number of nitrogens with one attached hydrogen (secondary N) is 1. The fourth-order valence-corrected chi connectivity index (χ4v) is 2.93. The van der Waals surface area contributed by atoms with Crippen molar-refractivity contribution in [2.24, 2.45) is 4.99 Å². The van der Waals surface area contributed by atoms with E-state index in [9.17, 15) is 0 Å². The van der Waals surface area contributed by atoms with Crippen LogP contribution in [0.1, 0.15) is 44.6 Å². The Morgan fingerprint density at radius 1 is 1.33 bits per heavy atom. The molecular weight excluding hydrogens is 413 g/mol. The van der Waals surface area contributed by atoms with Crippen LogP contribution in [-0.2, 0) is 6.54 Å². The molecule has 2 heterocycles. The van der Waals surface area contributed by atoms with E-state index in [1.54, 1.807) is 0 Å². The van der Waals surface area contributed by atoms with Gasteiger partial charge >= 0.3 is 0 Å². The van der Waals surface area contributed by atoms with Gasteiger partial charge in [-0.25, -0.2) is 4.98 Å². The zero-order valence-electron chi connectivity index (χ0n) is 15.3. The number of nitrogens with zero attached hydrogens (tertiary/aromatic N) is 4. The first-order valence-electron chi connectivity index (χ1n) is 8.86. The smallest absolute Gasteiger partial charge is 0.193 e. The van der Waals surface area contributed by atoms with Gasteiger partial charge in [-0.2, -0.15) is 0 Å². The van der Waals surface area contributed by atoms with Gasteiger partial charge in [0.25, 0.3) is 0 Å². The number of piperidine rings is 1. The maximum atomic E-state index is 4.54. The van der Waals surface area contributed by atoms with Gasteiger partial charge in [0, 0.05) is 46.5 Å². The first kappa shape index (κ1) is 21.0. The van der Waals surface area contributed by atoms with E-state index in [2.05, 4.69) is 51.2 Å². The molecule has 1 aliphatic rings. The molecule has 0 spiro atoms. The van der Waals surface area contributed by atoms with Gasteiger partial charge < -0.3 is 15.1 Å². The van der Waals surface area contributed by atoms with Crippen molar-refractivity contribution in [2.75, 3.05) is 38.6 Å². The molecule has 0 bridgehead atoms. The van der Waals surface area contributed by atoms with Gasteiger partial charge in [-0.15, -0.1) is 24.0 Å². The lowest BCUT2D eigenvalue weighted by Gasteiger charge is -2.28. The highest BCUT2D eigenvalue weighted by Crippen LogP contribution is 2.18. The van der Waals surface area contributed by atoms with Gasteiger partial charge in [0.1, 0.15) is 5.82 Å². The Morgan fingerprint density at radius 3 is 2.75 bits per heavy atom. The Hall–Kier alpha value is -1.05. The third-order valence-corrected chi connectivity index (χ3v) is 4.36. The van der Waals surface area contributed by atoms with Crippen molar-refractivity contribution < 1.29 is 0 Å². The minimum absolute atomic E-state index is 0. The Morgan fingerprint density at radius 2 is 2.08 bits per heavy atom. The number of hydrogen-bond donors (Lipinski definition) is 1. The summed E-state index contributed by atoms with van der Waals surface area (Å²) in [5.74, 6) is 2.06. The summed E-state index contributed by atoms with van der Waals surface area (Å²) in [5.41, 5.74) is 1.26. The minimum Gasteiger partial charge on any atom is -0.357 e. The van der Waals surface area contributed by atoms with Gasteiger partial charge in [0.15, 0.2) is 5.96 Å². The fourth-order valence-electron chi connectivity index (χ4n) is 2.93. The third kappa shape index (κ3) is 6.45. The lowest BCUT2D eigenvalue weighted by Crippen LogP contribution is -2.39. The third-order valence-electron chi connectivity index (χ3n) is 4.36. The molecule has 0 saturated carbocycles. The molecule has 1 fully saturated rings. The SMILES string of the molecule is CCCCN(C)C(=NC)NCc1ccnc(N2CCCCC2)c1.I. The van der Waals surface area contributed by atoms with E-state index >= 15 is 0 Å². The summed E-state index contributed by atoms with van der Waals surface area (Å²) in [4.78, 5) is 13.5. The van der Waals surface area contributed by atoms with Gasteiger partial charge in [0.2, 0.25) is 0 Å². The van der Waals surface area contributed by atoms with Crippen molar-refractivity contribution in [3.05, 3.63) is 23.9 Å². The summed E-state index contributed by atoms with van der Waals surface area (Å²) < 4.78 is 0. The maximum Gasteiger partial charge on any atom is 0.193 e. The molecule has 0 amide bonds. The maximum absolute atomic E-state index is 4.54. The number of aliphatic imine (C=N–C) groups is 1. The van der Waals surface area contributed by atoms with Crippen LogP contribution >= 0.6 is 24.0 Å². The second-order valence-corrected chi connectivity index (χ2v) is 6.25. The molecule has 6 heteroatoms. The Labute approximate surface area is 163 Å². The predicted octanol–water partition coefficient (Wildman–Crippen LogP) is 3.50. The molecule has 24 heavy (non-hydrogen) atoms. The zero-order chi connectivity index (χ0) is 16.5. The molecule has 1 saturated heterocycles. The largest absolute Gasteiger partial charge is 0.357 e. The summed E-state index contributed by atoms with van der Waals surface area (Å²) in [7, 11) is 3.94. The Kier molecular flexibility index (Phi) is 10.1. The molecular formula is C18H32IN5. The summed E-state index contributed by atoms with van der Waals surface area (Å²) >= 11 is 0. The standard InChI is InChI=1S/C18H31N5.HI/c1-4-5-11-22(3)18(19-2)21-15-16-9-10-20-17(14-16)23-12-7-6-8-13-23;/h9-10,14H,4-8,11-13,15H2,1-3H3,(H,19,21);1H. The van der Waals surface area contributed by atoms with Crippen molar-refractivity contribution >= 4 is 35.8 Å². The Bertz CT molecular complexity index is 500. The second kappa shape index (κ2) is 11.5. The van der Waals surface area contributed by atoms with Crippen LogP contribution in [-0.4, -0.2) is 49.6 Å². The van der Waals surface area contributed by atoms with E-state index in [1.165, 1.54) is 37.7 Å². The molecule has 1 aromatic rings. The molecule has 1 aliphatic heterocycles. The molecule has 0 aliphatic carbocycles. The molecule has 0 radical (unpaired) electrons. The van der Waals surface area contributed by atoms with E-state index in [1.807, 2.05) is 13.2 Å². The first-order valence-corrected chi connectivity index (χ1v) is 8.86. The quantitative estimate of drug-likeness (QED) is 0.414. The fraction of sp³-hybridized carbons (Fsp3) is 0.667. The monoisotopic (exact) mass is 445 g/mol. The van der Waals surface area contributed by atoms with Crippen LogP contribution < -0.4 is 10.2 Å². The van der Waals surface area contributed by atoms with Crippen molar-refractivity contribution in [1.29, 1.82) is 0 Å². The van der Waals surface area contributed by atoms with Crippen LogP contribution in [0, 0.1) is 0 Å². The molecule has 0 atom stereocenters. The molecule has 2 rings (SSSR count). The normalized spacial score (nSPS) is 15.0. The predicted molar refractivity (Wildman–Crippen MR) is 113 cm³/mol. The van der Waals surface area contributed by atoms with Crippen LogP contribution in [0.2, 0.25) is 0 Å². The molecule has 136 valence electrons. The lowest BCUT2D eigenvalue weighted by molar-refractivity contribution is 0.464. The summed E-state index contributed by atoms with van der Waals surface area (Å²) in [6.45, 7) is 6.29. The number of guanidine groups is 1. The van der Waals surface area contributed by atoms with Crippen molar-refractivity contribution in [2.45, 2.75) is 45.6 Å². The summed E-state index contributed by atoms with van der Waals surface area (Å²) in [6, 6.07) is 4.29. The van der Waals surface area contributed by atoms with Gasteiger partial charge in [0.05, 0.1) is 0 Å². The van der Waals surface area contributed by atoms with Crippen LogP contribution in [0.15, 0.2) is 23.3 Å². The number of pyridine rings is 1. The van der Waals surface area contributed by atoms with E-state index in [4.69, 9.17) is 0 Å². The first-order chi connectivity index (χ1) is 11.2. The van der Waals surface area contributed by atoms with Crippen LogP contribution in [0.25, 0.3) is 0 Å². The van der Waals surface area contributed by atoms with Gasteiger partial charge in [-0.1, -0.05) is 13.3 Å². The van der Waals surface area contributed by atoms with E-state index in [0.717, 1.165) is 38.0 Å². The second-order valence-electron chi connectivity index (χ2n) is 6.25. The number of anilines is 1. The van der Waals surface area contributed by atoms with E-state index in [-0.39, 0.29) is 24.0 Å². The average Bonchev–Trinajstić information content (AvgIpc) is 2.61. The van der Waals surface area contributed by atoms with Gasteiger partial charge in [-0.3, -0.25) is 4.99 Å². The van der Waals surface area contributed by atoms with Crippen LogP contribution in [0.4, 0.5) is 5.82 Å². The lowest BCUT2D eigenvalue weighted by atomic mass is 10.1. The number of rotatable bonds is 6. The van der Waals surface area contributed by atoms with Crippen molar-refractivity contribution in [3.63, 3.8) is 0 Å². The molecule has 5 nitrogen and oxygen atoms in total. The highest BCUT2D eigenvalue weighted by molar-refractivity contribution is 14.0.